The predicted octanol–water partition coefficient (Wildman–Crippen LogP) is 2.73. The lowest BCUT2D eigenvalue weighted by Gasteiger charge is -2.21. The number of fused-ring (bicyclic) bond motifs is 1. The molecule has 0 bridgehead atoms. The third kappa shape index (κ3) is 3.76. The Balaban J connectivity index is 1.77. The Bertz CT molecular complexity index is 656. The van der Waals surface area contributed by atoms with Gasteiger partial charge in [-0.15, -0.1) is 0 Å². The lowest BCUT2D eigenvalue weighted by Crippen LogP contribution is -2.24. The highest BCUT2D eigenvalue weighted by atomic mass is 32.2. The average molecular weight is 333 g/mol. The van der Waals surface area contributed by atoms with E-state index >= 15 is 0 Å². The predicted molar refractivity (Wildman–Crippen MR) is 89.2 cm³/mol. The van der Waals surface area contributed by atoms with E-state index in [1.807, 2.05) is 18.2 Å². The van der Waals surface area contributed by atoms with Gasteiger partial charge in [-0.2, -0.15) is 0 Å². The molecule has 0 spiro atoms. The second-order valence-corrected chi connectivity index (χ2v) is 6.74. The number of carbonyl (C=O) groups is 2. The van der Waals surface area contributed by atoms with E-state index in [9.17, 15) is 9.59 Å². The van der Waals surface area contributed by atoms with E-state index in [1.165, 1.54) is 0 Å². The minimum Gasteiger partial charge on any atom is -0.454 e. The van der Waals surface area contributed by atoms with E-state index in [1.54, 1.807) is 6.08 Å². The molecule has 2 aliphatic heterocycles. The van der Waals surface area contributed by atoms with Gasteiger partial charge in [-0.25, -0.2) is 0 Å². The first-order chi connectivity index (χ1) is 11.2. The number of allylic oxidation sites excluding steroid dienone is 1. The number of benzene rings is 1. The number of hydrogen-bond donors (Lipinski definition) is 1. The summed E-state index contributed by atoms with van der Waals surface area (Å²) in [4.78, 5) is 25.0. The van der Waals surface area contributed by atoms with Gasteiger partial charge in [-0.1, -0.05) is 12.5 Å². The smallest absolute Gasteiger partial charge is 0.231 e. The van der Waals surface area contributed by atoms with Crippen LogP contribution in [0.25, 0.3) is 6.08 Å². The van der Waals surface area contributed by atoms with Crippen LogP contribution in [0.1, 0.15) is 31.2 Å². The molecule has 0 saturated carbocycles. The van der Waals surface area contributed by atoms with Gasteiger partial charge < -0.3 is 15.2 Å². The van der Waals surface area contributed by atoms with Gasteiger partial charge in [0, 0.05) is 12.3 Å². The van der Waals surface area contributed by atoms with Gasteiger partial charge in [0.15, 0.2) is 22.4 Å². The molecule has 0 amide bonds. The van der Waals surface area contributed by atoms with Crippen molar-refractivity contribution in [3.63, 3.8) is 0 Å². The Morgan fingerprint density at radius 2 is 2.04 bits per heavy atom. The van der Waals surface area contributed by atoms with Gasteiger partial charge in [0.05, 0.1) is 4.91 Å². The maximum atomic E-state index is 12.6. The monoisotopic (exact) mass is 333 g/mol. The molecule has 122 valence electrons. The van der Waals surface area contributed by atoms with Gasteiger partial charge in [0.25, 0.3) is 0 Å². The zero-order chi connectivity index (χ0) is 16.2. The molecule has 5 nitrogen and oxygen atoms in total. The lowest BCUT2D eigenvalue weighted by molar-refractivity contribution is -0.123. The number of thioether (sulfide) groups is 1. The van der Waals surface area contributed by atoms with Crippen LogP contribution in [0.15, 0.2) is 23.1 Å². The standard InChI is InChI=1S/C17H19NO4S/c18-6-2-1-3-12-9-16(19)23-15(17(12)20)8-11-4-5-13-14(7-11)22-10-21-13/h4-5,7-8,12H,1-3,6,9-10,18H2/b15-8-. The number of rotatable bonds is 5. The lowest BCUT2D eigenvalue weighted by atomic mass is 9.93. The van der Waals surface area contributed by atoms with E-state index in [0.717, 1.165) is 36.6 Å². The number of ketones is 1. The van der Waals surface area contributed by atoms with Crippen LogP contribution in [0.2, 0.25) is 0 Å². The second kappa shape index (κ2) is 7.19. The molecule has 2 heterocycles. The topological polar surface area (TPSA) is 78.6 Å². The number of ether oxygens (including phenoxy) is 2. The van der Waals surface area contributed by atoms with Crippen LogP contribution in [0, 0.1) is 5.92 Å². The molecule has 1 atom stereocenters. The van der Waals surface area contributed by atoms with Crippen molar-refractivity contribution in [2.24, 2.45) is 11.7 Å². The highest BCUT2D eigenvalue weighted by Crippen LogP contribution is 2.37. The number of Topliss-reactive ketones (excluding diaryl/α,β-unsaturated/α-hetero) is 1. The molecule has 0 radical (unpaired) electrons. The fraction of sp³-hybridized carbons (Fsp3) is 0.412. The summed E-state index contributed by atoms with van der Waals surface area (Å²) in [5.74, 6) is 1.21. The molecular weight excluding hydrogens is 314 g/mol. The molecule has 1 aromatic rings. The highest BCUT2D eigenvalue weighted by molar-refractivity contribution is 8.17. The van der Waals surface area contributed by atoms with Crippen molar-refractivity contribution in [1.29, 1.82) is 0 Å². The first-order valence-corrected chi connectivity index (χ1v) is 8.55. The molecule has 1 saturated heterocycles. The first kappa shape index (κ1) is 16.1. The Morgan fingerprint density at radius 3 is 2.87 bits per heavy atom. The third-order valence-corrected chi connectivity index (χ3v) is 4.88. The fourth-order valence-corrected chi connectivity index (χ4v) is 3.72. The number of hydrogen-bond acceptors (Lipinski definition) is 6. The van der Waals surface area contributed by atoms with Gasteiger partial charge >= 0.3 is 0 Å². The molecule has 1 fully saturated rings. The largest absolute Gasteiger partial charge is 0.454 e. The molecule has 0 aliphatic carbocycles. The minimum absolute atomic E-state index is 0.0503. The summed E-state index contributed by atoms with van der Waals surface area (Å²) < 4.78 is 10.6. The Kier molecular flexibility index (Phi) is 5.03. The van der Waals surface area contributed by atoms with E-state index in [0.29, 0.717) is 29.4 Å². The van der Waals surface area contributed by atoms with Crippen LogP contribution in [-0.2, 0) is 9.59 Å². The van der Waals surface area contributed by atoms with E-state index < -0.39 is 0 Å². The molecule has 0 aromatic heterocycles. The van der Waals surface area contributed by atoms with Gasteiger partial charge in [-0.05, 0) is 54.9 Å². The van der Waals surface area contributed by atoms with E-state index in [-0.39, 0.29) is 23.6 Å². The quantitative estimate of drug-likeness (QED) is 0.659. The van der Waals surface area contributed by atoms with E-state index in [2.05, 4.69) is 0 Å². The second-order valence-electron chi connectivity index (χ2n) is 5.65. The summed E-state index contributed by atoms with van der Waals surface area (Å²) in [6.45, 7) is 0.828. The minimum atomic E-state index is -0.212. The summed E-state index contributed by atoms with van der Waals surface area (Å²) in [7, 11) is 0. The van der Waals surface area contributed by atoms with Gasteiger partial charge in [0.1, 0.15) is 0 Å². The average Bonchev–Trinajstić information content (AvgIpc) is 2.99. The summed E-state index contributed by atoms with van der Waals surface area (Å²) in [5, 5.41) is 0.0503. The maximum absolute atomic E-state index is 12.6. The molecule has 1 unspecified atom stereocenters. The van der Waals surface area contributed by atoms with E-state index in [4.69, 9.17) is 15.2 Å². The van der Waals surface area contributed by atoms with Crippen LogP contribution >= 0.6 is 11.8 Å². The van der Waals surface area contributed by atoms with Gasteiger partial charge in [-0.3, -0.25) is 9.59 Å². The van der Waals surface area contributed by atoms with Crippen molar-refractivity contribution in [2.75, 3.05) is 13.3 Å². The van der Waals surface area contributed by atoms with Crippen LogP contribution in [-0.4, -0.2) is 24.2 Å². The van der Waals surface area contributed by atoms with Crippen LogP contribution in [0.3, 0.4) is 0 Å². The highest BCUT2D eigenvalue weighted by Gasteiger charge is 2.31. The summed E-state index contributed by atoms with van der Waals surface area (Å²) in [5.41, 5.74) is 6.32. The third-order valence-electron chi connectivity index (χ3n) is 3.95. The summed E-state index contributed by atoms with van der Waals surface area (Å²) in [6, 6.07) is 5.50. The Labute approximate surface area is 139 Å². The Hall–Kier alpha value is -1.79. The summed E-state index contributed by atoms with van der Waals surface area (Å²) in [6.07, 6.45) is 4.57. The van der Waals surface area contributed by atoms with Crippen molar-refractivity contribution >= 4 is 28.7 Å². The maximum Gasteiger partial charge on any atom is 0.231 e. The molecule has 2 aliphatic rings. The number of carbonyl (C=O) groups excluding carboxylic acids is 2. The molecular formula is C17H19NO4S. The van der Waals surface area contributed by atoms with Crippen LogP contribution in [0.5, 0.6) is 11.5 Å². The van der Waals surface area contributed by atoms with Crippen molar-refractivity contribution in [3.8, 4) is 11.5 Å². The molecule has 6 heteroatoms. The molecule has 3 rings (SSSR count). The van der Waals surface area contributed by atoms with Crippen molar-refractivity contribution in [1.82, 2.24) is 0 Å². The summed E-state index contributed by atoms with van der Waals surface area (Å²) >= 11 is 1.04. The van der Waals surface area contributed by atoms with Crippen molar-refractivity contribution in [3.05, 3.63) is 28.7 Å². The SMILES string of the molecule is NCCCCC1CC(=O)S/C(=C\c2ccc3c(c2)OCO3)C1=O. The molecule has 23 heavy (non-hydrogen) atoms. The van der Waals surface area contributed by atoms with Crippen LogP contribution < -0.4 is 15.2 Å². The first-order valence-electron chi connectivity index (χ1n) is 7.73. The van der Waals surface area contributed by atoms with Crippen molar-refractivity contribution < 1.29 is 19.1 Å². The fourth-order valence-electron chi connectivity index (χ4n) is 2.73. The van der Waals surface area contributed by atoms with Crippen LogP contribution in [0.4, 0.5) is 0 Å². The van der Waals surface area contributed by atoms with Crippen molar-refractivity contribution in [2.45, 2.75) is 25.7 Å². The zero-order valence-electron chi connectivity index (χ0n) is 12.7. The van der Waals surface area contributed by atoms with Gasteiger partial charge in [0.2, 0.25) is 6.79 Å². The zero-order valence-corrected chi connectivity index (χ0v) is 13.6. The molecule has 1 aromatic carbocycles. The number of unbranched alkanes of at least 4 members (excludes halogenated alkanes) is 1. The molecule has 2 N–H and O–H groups in total. The number of nitrogens with two attached hydrogens (primary N) is 1. The normalized spacial score (nSPS) is 22.0. The Morgan fingerprint density at radius 1 is 1.22 bits per heavy atom.